The van der Waals surface area contributed by atoms with Gasteiger partial charge in [0.25, 0.3) is 5.56 Å². The molecule has 7 nitrogen and oxygen atoms in total. The molecule has 1 aliphatic rings. The Labute approximate surface area is 230 Å². The van der Waals surface area contributed by atoms with Gasteiger partial charge in [-0.1, -0.05) is 23.9 Å². The predicted molar refractivity (Wildman–Crippen MR) is 156 cm³/mol. The molecule has 1 aliphatic heterocycles. The molecule has 2 aromatic carbocycles. The van der Waals surface area contributed by atoms with E-state index < -0.39 is 0 Å². The molecular formula is C29H32N4O3S2. The van der Waals surface area contributed by atoms with Gasteiger partial charge in [-0.2, -0.15) is 0 Å². The maximum Gasteiger partial charge on any atom is 0.267 e. The van der Waals surface area contributed by atoms with Gasteiger partial charge < -0.3 is 10.1 Å². The molecule has 0 spiro atoms. The summed E-state index contributed by atoms with van der Waals surface area (Å²) < 4.78 is 6.95. The monoisotopic (exact) mass is 548 g/mol. The second-order valence-corrected chi connectivity index (χ2v) is 11.9. The third-order valence-electron chi connectivity index (χ3n) is 6.93. The van der Waals surface area contributed by atoms with Gasteiger partial charge in [0.05, 0.1) is 23.9 Å². The minimum absolute atomic E-state index is 0.0897. The molecular weight excluding hydrogens is 516 g/mol. The van der Waals surface area contributed by atoms with Gasteiger partial charge in [0, 0.05) is 29.7 Å². The molecule has 198 valence electrons. The first-order valence-corrected chi connectivity index (χ1v) is 14.5. The second kappa shape index (κ2) is 10.9. The summed E-state index contributed by atoms with van der Waals surface area (Å²) in [6.07, 6.45) is 0.831. The van der Waals surface area contributed by atoms with Crippen molar-refractivity contribution in [3.05, 3.63) is 74.4 Å². The summed E-state index contributed by atoms with van der Waals surface area (Å²) >= 11 is 2.87. The van der Waals surface area contributed by atoms with Crippen LogP contribution in [0.5, 0.6) is 5.75 Å². The second-order valence-electron chi connectivity index (χ2n) is 9.89. The third kappa shape index (κ3) is 5.23. The van der Waals surface area contributed by atoms with Crippen LogP contribution in [-0.2, 0) is 17.8 Å². The zero-order valence-electron chi connectivity index (χ0n) is 22.3. The smallest absolute Gasteiger partial charge is 0.267 e. The van der Waals surface area contributed by atoms with Crippen LogP contribution >= 0.6 is 23.1 Å². The fourth-order valence-corrected chi connectivity index (χ4v) is 6.83. The summed E-state index contributed by atoms with van der Waals surface area (Å²) in [6.45, 7) is 10.1. The number of aromatic nitrogens is 2. The van der Waals surface area contributed by atoms with Gasteiger partial charge in [0.15, 0.2) is 5.16 Å². The molecule has 0 bridgehead atoms. The summed E-state index contributed by atoms with van der Waals surface area (Å²) in [6, 6.07) is 13.8. The number of thiophene rings is 1. The first kappa shape index (κ1) is 26.5. The van der Waals surface area contributed by atoms with Gasteiger partial charge in [-0.3, -0.25) is 19.1 Å². The van der Waals surface area contributed by atoms with Crippen molar-refractivity contribution in [3.8, 4) is 11.4 Å². The fraction of sp³-hybridized carbons (Fsp3) is 0.345. The highest BCUT2D eigenvalue weighted by atomic mass is 32.2. The lowest BCUT2D eigenvalue weighted by molar-refractivity contribution is -0.113. The number of amides is 1. The quantitative estimate of drug-likeness (QED) is 0.240. The Hall–Kier alpha value is -3.14. The molecule has 9 heteroatoms. The number of methoxy groups -OCH3 is 1. The number of nitrogens with one attached hydrogen (secondary N) is 1. The van der Waals surface area contributed by atoms with Gasteiger partial charge in [0.2, 0.25) is 5.91 Å². The molecule has 0 fully saturated rings. The highest BCUT2D eigenvalue weighted by Crippen LogP contribution is 2.35. The minimum Gasteiger partial charge on any atom is -0.497 e. The Morgan fingerprint density at radius 3 is 2.66 bits per heavy atom. The van der Waals surface area contributed by atoms with E-state index in [9.17, 15) is 9.59 Å². The van der Waals surface area contributed by atoms with Crippen molar-refractivity contribution < 1.29 is 9.53 Å². The lowest BCUT2D eigenvalue weighted by Crippen LogP contribution is -2.35. The molecule has 38 heavy (non-hydrogen) atoms. The van der Waals surface area contributed by atoms with E-state index in [1.165, 1.54) is 16.6 Å². The number of thioether (sulfide) groups is 1. The van der Waals surface area contributed by atoms with Crippen LogP contribution in [-0.4, -0.2) is 45.8 Å². The average Bonchev–Trinajstić information content (AvgIpc) is 3.27. The maximum absolute atomic E-state index is 14.0. The van der Waals surface area contributed by atoms with Crippen molar-refractivity contribution in [1.82, 2.24) is 14.5 Å². The Bertz CT molecular complexity index is 1560. The van der Waals surface area contributed by atoms with E-state index in [2.05, 4.69) is 24.1 Å². The zero-order valence-corrected chi connectivity index (χ0v) is 24.0. The molecule has 2 aromatic heterocycles. The normalized spacial score (nSPS) is 13.6. The summed E-state index contributed by atoms with van der Waals surface area (Å²) in [7, 11) is 1.61. The van der Waals surface area contributed by atoms with Gasteiger partial charge in [-0.05, 0) is 81.1 Å². The molecule has 0 radical (unpaired) electrons. The zero-order chi connectivity index (χ0) is 27.0. The number of nitrogens with zero attached hydrogens (tertiary/aromatic N) is 3. The molecule has 3 heterocycles. The molecule has 0 saturated carbocycles. The number of carbonyl (C=O) groups is 1. The standard InChI is InChI=1S/C29H32N4O3S2/c1-17(2)32-13-12-22-24(15-32)38-27-26(22)28(35)33(20-8-10-21(36-5)11-9-20)29(31-27)37-16-25(34)30-23-14-18(3)6-7-19(23)4/h6-11,14,17H,12-13,15-16H2,1-5H3,(H,30,34). The SMILES string of the molecule is COc1ccc(-n2c(SCC(=O)Nc3cc(C)ccc3C)nc3sc4c(c3c2=O)CCN(C(C)C)C4)cc1. The Morgan fingerprint density at radius 2 is 1.95 bits per heavy atom. The molecule has 1 N–H and O–H groups in total. The van der Waals surface area contributed by atoms with E-state index >= 15 is 0 Å². The first-order chi connectivity index (χ1) is 18.2. The van der Waals surface area contributed by atoms with Gasteiger partial charge in [0.1, 0.15) is 10.6 Å². The van der Waals surface area contributed by atoms with Crippen LogP contribution in [0.2, 0.25) is 0 Å². The summed E-state index contributed by atoms with van der Waals surface area (Å²) in [5.74, 6) is 0.699. The van der Waals surface area contributed by atoms with Crippen LogP contribution in [0.25, 0.3) is 15.9 Å². The van der Waals surface area contributed by atoms with Gasteiger partial charge in [-0.15, -0.1) is 11.3 Å². The highest BCUT2D eigenvalue weighted by Gasteiger charge is 2.27. The van der Waals surface area contributed by atoms with Crippen molar-refractivity contribution in [1.29, 1.82) is 0 Å². The first-order valence-electron chi connectivity index (χ1n) is 12.7. The average molecular weight is 549 g/mol. The predicted octanol–water partition coefficient (Wildman–Crippen LogP) is 5.57. The largest absolute Gasteiger partial charge is 0.497 e. The van der Waals surface area contributed by atoms with Crippen LogP contribution in [0.15, 0.2) is 52.4 Å². The maximum atomic E-state index is 14.0. The number of rotatable bonds is 7. The molecule has 1 amide bonds. The van der Waals surface area contributed by atoms with Crippen LogP contribution in [0.4, 0.5) is 5.69 Å². The van der Waals surface area contributed by atoms with E-state index in [1.807, 2.05) is 56.3 Å². The number of carbonyl (C=O) groups excluding carboxylic acids is 1. The van der Waals surface area contributed by atoms with Crippen LogP contribution < -0.4 is 15.6 Å². The van der Waals surface area contributed by atoms with Crippen molar-refractivity contribution in [2.45, 2.75) is 51.9 Å². The van der Waals surface area contributed by atoms with Crippen molar-refractivity contribution in [3.63, 3.8) is 0 Å². The van der Waals surface area contributed by atoms with E-state index in [4.69, 9.17) is 9.72 Å². The Kier molecular flexibility index (Phi) is 7.61. The number of anilines is 1. The summed E-state index contributed by atoms with van der Waals surface area (Å²) in [5, 5.41) is 4.21. The Balaban J connectivity index is 1.52. The van der Waals surface area contributed by atoms with Crippen molar-refractivity contribution >= 4 is 44.9 Å². The Morgan fingerprint density at radius 1 is 1.18 bits per heavy atom. The molecule has 0 atom stereocenters. The van der Waals surface area contributed by atoms with Crippen LogP contribution in [0.3, 0.4) is 0 Å². The number of ether oxygens (including phenoxy) is 1. The van der Waals surface area contributed by atoms with E-state index in [0.29, 0.717) is 28.0 Å². The molecule has 0 saturated heterocycles. The molecule has 4 aromatic rings. The van der Waals surface area contributed by atoms with E-state index in [1.54, 1.807) is 23.0 Å². The summed E-state index contributed by atoms with van der Waals surface area (Å²) in [5.41, 5.74) is 4.60. The number of hydrogen-bond donors (Lipinski definition) is 1. The summed E-state index contributed by atoms with van der Waals surface area (Å²) in [4.78, 5) is 36.3. The van der Waals surface area contributed by atoms with Gasteiger partial charge in [-0.25, -0.2) is 4.98 Å². The van der Waals surface area contributed by atoms with E-state index in [-0.39, 0.29) is 17.2 Å². The van der Waals surface area contributed by atoms with Crippen molar-refractivity contribution in [2.75, 3.05) is 24.7 Å². The topological polar surface area (TPSA) is 76.5 Å². The number of fused-ring (bicyclic) bond motifs is 3. The number of aryl methyl sites for hydroxylation is 2. The molecule has 5 rings (SSSR count). The van der Waals surface area contributed by atoms with Gasteiger partial charge >= 0.3 is 0 Å². The lowest BCUT2D eigenvalue weighted by Gasteiger charge is -2.30. The molecule has 0 aliphatic carbocycles. The minimum atomic E-state index is -0.141. The van der Waals surface area contributed by atoms with E-state index in [0.717, 1.165) is 46.7 Å². The highest BCUT2D eigenvalue weighted by molar-refractivity contribution is 7.99. The molecule has 0 unspecified atom stereocenters. The lowest BCUT2D eigenvalue weighted by atomic mass is 10.0. The number of benzene rings is 2. The van der Waals surface area contributed by atoms with Crippen molar-refractivity contribution in [2.24, 2.45) is 0 Å². The van der Waals surface area contributed by atoms with Crippen LogP contribution in [0.1, 0.15) is 35.4 Å². The third-order valence-corrected chi connectivity index (χ3v) is 8.98. The number of hydrogen-bond acceptors (Lipinski definition) is 7. The van der Waals surface area contributed by atoms with Crippen LogP contribution in [0, 0.1) is 13.8 Å². The fourth-order valence-electron chi connectivity index (χ4n) is 4.73.